The summed E-state index contributed by atoms with van der Waals surface area (Å²) in [7, 11) is 1.61. The summed E-state index contributed by atoms with van der Waals surface area (Å²) in [5, 5.41) is 7.85. The summed E-state index contributed by atoms with van der Waals surface area (Å²) in [4.78, 5) is 18.1. The fourth-order valence-electron chi connectivity index (χ4n) is 4.08. The van der Waals surface area contributed by atoms with Crippen molar-refractivity contribution in [2.45, 2.75) is 13.8 Å². The molecule has 0 aliphatic heterocycles. The van der Waals surface area contributed by atoms with Gasteiger partial charge in [-0.15, -0.1) is 0 Å². The number of nitrogens with one attached hydrogen (secondary N) is 1. The molecule has 0 aliphatic rings. The van der Waals surface area contributed by atoms with Crippen molar-refractivity contribution in [1.29, 1.82) is 0 Å². The summed E-state index contributed by atoms with van der Waals surface area (Å²) in [6.45, 7) is 3.85. The van der Waals surface area contributed by atoms with Crippen LogP contribution in [0.15, 0.2) is 72.9 Å². The molecule has 1 N–H and O–H groups in total. The zero-order valence-corrected chi connectivity index (χ0v) is 19.8. The average molecular weight is 485 g/mol. The number of aromatic nitrogens is 3. The third kappa shape index (κ3) is 4.29. The summed E-state index contributed by atoms with van der Waals surface area (Å²) in [6, 6.07) is 18.1. The van der Waals surface area contributed by atoms with Gasteiger partial charge in [-0.3, -0.25) is 4.79 Å². The van der Waals surface area contributed by atoms with Crippen LogP contribution < -0.4 is 10.1 Å². The molecule has 36 heavy (non-hydrogen) atoms. The molecule has 0 fully saturated rings. The summed E-state index contributed by atoms with van der Waals surface area (Å²) in [5.74, 6) is -1.73. The lowest BCUT2D eigenvalue weighted by Gasteiger charge is -2.12. The first-order chi connectivity index (χ1) is 17.3. The van der Waals surface area contributed by atoms with Gasteiger partial charge in [0, 0.05) is 22.7 Å². The molecule has 1 amide bonds. The minimum atomic E-state index is -1.04. The van der Waals surface area contributed by atoms with Crippen molar-refractivity contribution in [3.05, 3.63) is 101 Å². The lowest BCUT2D eigenvalue weighted by Crippen LogP contribution is -2.13. The van der Waals surface area contributed by atoms with Crippen molar-refractivity contribution in [1.82, 2.24) is 14.8 Å². The zero-order chi connectivity index (χ0) is 25.4. The number of pyridine rings is 1. The Balaban J connectivity index is 1.58. The minimum Gasteiger partial charge on any atom is -0.497 e. The standard InChI is InChI=1S/C28H22F2N4O2/c1-16-4-11-26-21(12-16)22(28(35)32-18-5-10-24(29)25(30)13-18)14-27(33-26)23-15-31-34(17(23)2)19-6-8-20(36-3)9-7-19/h4-15H,1-3H3,(H,32,35). The lowest BCUT2D eigenvalue weighted by atomic mass is 10.0. The molecular weight excluding hydrogens is 462 g/mol. The van der Waals surface area contributed by atoms with Crippen LogP contribution in [0.5, 0.6) is 5.75 Å². The van der Waals surface area contributed by atoms with Gasteiger partial charge >= 0.3 is 0 Å². The van der Waals surface area contributed by atoms with E-state index in [2.05, 4.69) is 10.4 Å². The van der Waals surface area contributed by atoms with Gasteiger partial charge in [0.2, 0.25) is 0 Å². The molecule has 5 rings (SSSR count). The van der Waals surface area contributed by atoms with E-state index in [1.807, 2.05) is 56.3 Å². The van der Waals surface area contributed by atoms with Crippen LogP contribution in [0.1, 0.15) is 21.6 Å². The van der Waals surface area contributed by atoms with Crippen LogP contribution in [0.3, 0.4) is 0 Å². The topological polar surface area (TPSA) is 69.0 Å². The quantitative estimate of drug-likeness (QED) is 0.321. The maximum atomic E-state index is 13.7. The largest absolute Gasteiger partial charge is 0.497 e. The van der Waals surface area contributed by atoms with Gasteiger partial charge < -0.3 is 10.1 Å². The highest BCUT2D eigenvalue weighted by atomic mass is 19.2. The van der Waals surface area contributed by atoms with E-state index < -0.39 is 17.5 Å². The predicted molar refractivity (Wildman–Crippen MR) is 135 cm³/mol. The zero-order valence-electron chi connectivity index (χ0n) is 19.8. The molecule has 2 heterocycles. The van der Waals surface area contributed by atoms with Gasteiger partial charge in [-0.25, -0.2) is 18.4 Å². The average Bonchev–Trinajstić information content (AvgIpc) is 3.26. The fraction of sp³-hybridized carbons (Fsp3) is 0.107. The number of ether oxygens (including phenoxy) is 1. The van der Waals surface area contributed by atoms with Crippen molar-refractivity contribution in [3.63, 3.8) is 0 Å². The number of amides is 1. The van der Waals surface area contributed by atoms with E-state index in [4.69, 9.17) is 9.72 Å². The molecule has 6 nitrogen and oxygen atoms in total. The number of carbonyl (C=O) groups is 1. The Morgan fingerprint density at radius 2 is 1.72 bits per heavy atom. The van der Waals surface area contributed by atoms with Gasteiger partial charge in [-0.2, -0.15) is 5.10 Å². The van der Waals surface area contributed by atoms with E-state index >= 15 is 0 Å². The molecule has 5 aromatic rings. The number of halogens is 2. The van der Waals surface area contributed by atoms with Gasteiger partial charge in [0.25, 0.3) is 5.91 Å². The summed E-state index contributed by atoms with van der Waals surface area (Å²) < 4.78 is 34.1. The number of benzene rings is 3. The van der Waals surface area contributed by atoms with Crippen LogP contribution >= 0.6 is 0 Å². The fourth-order valence-corrected chi connectivity index (χ4v) is 4.08. The molecule has 0 spiro atoms. The van der Waals surface area contributed by atoms with Crippen LogP contribution in [0.2, 0.25) is 0 Å². The molecule has 0 aliphatic carbocycles. The lowest BCUT2D eigenvalue weighted by molar-refractivity contribution is 0.102. The Hall–Kier alpha value is -4.59. The number of hydrogen-bond acceptors (Lipinski definition) is 4. The maximum absolute atomic E-state index is 13.7. The Bertz CT molecular complexity index is 1610. The number of hydrogen-bond donors (Lipinski definition) is 1. The normalized spacial score (nSPS) is 11.0. The number of fused-ring (bicyclic) bond motifs is 1. The summed E-state index contributed by atoms with van der Waals surface area (Å²) >= 11 is 0. The van der Waals surface area contributed by atoms with Crippen molar-refractivity contribution in [2.24, 2.45) is 0 Å². The Labute approximate surface area is 206 Å². The molecule has 0 atom stereocenters. The van der Waals surface area contributed by atoms with Crippen molar-refractivity contribution in [3.8, 4) is 22.7 Å². The van der Waals surface area contributed by atoms with E-state index in [-0.39, 0.29) is 5.69 Å². The van der Waals surface area contributed by atoms with E-state index in [1.165, 1.54) is 6.07 Å². The van der Waals surface area contributed by atoms with Crippen molar-refractivity contribution in [2.75, 3.05) is 12.4 Å². The number of nitrogens with zero attached hydrogens (tertiary/aromatic N) is 3. The first kappa shape index (κ1) is 23.2. The molecule has 180 valence electrons. The van der Waals surface area contributed by atoms with E-state index in [0.717, 1.165) is 40.4 Å². The number of rotatable bonds is 5. The molecule has 2 aromatic heterocycles. The second-order valence-corrected chi connectivity index (χ2v) is 8.41. The summed E-state index contributed by atoms with van der Waals surface area (Å²) in [6.07, 6.45) is 1.71. The van der Waals surface area contributed by atoms with Crippen LogP contribution in [-0.4, -0.2) is 27.8 Å². The molecule has 0 saturated heterocycles. The van der Waals surface area contributed by atoms with Crippen molar-refractivity contribution >= 4 is 22.5 Å². The minimum absolute atomic E-state index is 0.154. The Morgan fingerprint density at radius 1 is 0.944 bits per heavy atom. The van der Waals surface area contributed by atoms with Crippen LogP contribution in [0, 0.1) is 25.5 Å². The highest BCUT2D eigenvalue weighted by Crippen LogP contribution is 2.30. The van der Waals surface area contributed by atoms with Gasteiger partial charge in [-0.1, -0.05) is 11.6 Å². The predicted octanol–water partition coefficient (Wildman–Crippen LogP) is 6.24. The van der Waals surface area contributed by atoms with Crippen LogP contribution in [0.25, 0.3) is 27.8 Å². The molecule has 0 radical (unpaired) electrons. The molecule has 3 aromatic carbocycles. The summed E-state index contributed by atoms with van der Waals surface area (Å²) in [5.41, 5.74) is 5.13. The molecule has 8 heteroatoms. The Morgan fingerprint density at radius 3 is 2.44 bits per heavy atom. The van der Waals surface area contributed by atoms with Gasteiger partial charge in [0.1, 0.15) is 5.75 Å². The molecular formula is C28H22F2N4O2. The second kappa shape index (κ2) is 9.22. The highest BCUT2D eigenvalue weighted by molar-refractivity contribution is 6.13. The van der Waals surface area contributed by atoms with Gasteiger partial charge in [0.05, 0.1) is 41.5 Å². The number of anilines is 1. The number of carbonyl (C=O) groups excluding carboxylic acids is 1. The Kier molecular flexibility index (Phi) is 5.93. The third-order valence-electron chi connectivity index (χ3n) is 5.99. The van der Waals surface area contributed by atoms with Crippen molar-refractivity contribution < 1.29 is 18.3 Å². The van der Waals surface area contributed by atoms with Gasteiger partial charge in [-0.05, 0) is 68.4 Å². The van der Waals surface area contributed by atoms with Gasteiger partial charge in [0.15, 0.2) is 11.6 Å². The third-order valence-corrected chi connectivity index (χ3v) is 5.99. The number of methoxy groups -OCH3 is 1. The highest BCUT2D eigenvalue weighted by Gasteiger charge is 2.18. The molecule has 0 saturated carbocycles. The molecule has 0 bridgehead atoms. The SMILES string of the molecule is COc1ccc(-n2ncc(-c3cc(C(=O)Nc4ccc(F)c(F)c4)c4cc(C)ccc4n3)c2C)cc1. The first-order valence-electron chi connectivity index (χ1n) is 11.2. The first-order valence-corrected chi connectivity index (χ1v) is 11.2. The van der Waals surface area contributed by atoms with E-state index in [0.29, 0.717) is 22.2 Å². The smallest absolute Gasteiger partial charge is 0.256 e. The van der Waals surface area contributed by atoms with E-state index in [9.17, 15) is 13.6 Å². The molecule has 0 unspecified atom stereocenters. The van der Waals surface area contributed by atoms with Crippen LogP contribution in [-0.2, 0) is 0 Å². The van der Waals surface area contributed by atoms with E-state index in [1.54, 1.807) is 24.1 Å². The monoisotopic (exact) mass is 484 g/mol. The second-order valence-electron chi connectivity index (χ2n) is 8.41. The van der Waals surface area contributed by atoms with Crippen LogP contribution in [0.4, 0.5) is 14.5 Å². The number of aryl methyl sites for hydroxylation is 1. The maximum Gasteiger partial charge on any atom is 0.256 e.